The van der Waals surface area contributed by atoms with E-state index < -0.39 is 59.8 Å². The molecule has 1 heterocycles. The first-order valence-electron chi connectivity index (χ1n) is 29.4. The molecule has 0 bridgehead atoms. The van der Waals surface area contributed by atoms with Crippen LogP contribution in [-0.2, 0) is 38.3 Å². The number of carbonyl (C=O) groups excluding carboxylic acids is 1. The second-order valence-electron chi connectivity index (χ2n) is 20.6. The summed E-state index contributed by atoms with van der Waals surface area (Å²) >= 11 is 0. The lowest BCUT2D eigenvalue weighted by atomic mass is 9.99. The van der Waals surface area contributed by atoms with Crippen LogP contribution < -0.4 is 0 Å². The third-order valence-electron chi connectivity index (χ3n) is 13.9. The Balaban J connectivity index is 2.27. The average molecular weight is 1020 g/mol. The van der Waals surface area contributed by atoms with Gasteiger partial charge in [-0.15, -0.1) is 0 Å². The third-order valence-corrected chi connectivity index (χ3v) is 14.4. The second-order valence-corrected chi connectivity index (χ2v) is 21.6. The molecule has 0 aromatic carbocycles. The molecule has 1 aliphatic rings. The molecule has 13 heteroatoms. The molecule has 0 amide bonds. The van der Waals surface area contributed by atoms with Gasteiger partial charge in [-0.3, -0.25) is 9.35 Å². The van der Waals surface area contributed by atoms with Crippen molar-refractivity contribution >= 4 is 16.4 Å². The summed E-state index contributed by atoms with van der Waals surface area (Å²) in [5, 5.41) is 30.8. The molecule has 4 N–H and O–H groups in total. The van der Waals surface area contributed by atoms with Crippen molar-refractivity contribution in [2.24, 2.45) is 0 Å². The van der Waals surface area contributed by atoms with Crippen molar-refractivity contribution in [3.63, 3.8) is 0 Å². The Labute approximate surface area is 429 Å². The molecule has 0 saturated carbocycles. The highest BCUT2D eigenvalue weighted by Gasteiger charge is 2.48. The number of esters is 1. The Morgan fingerprint density at radius 1 is 0.529 bits per heavy atom. The van der Waals surface area contributed by atoms with Gasteiger partial charge in [0, 0.05) is 13.0 Å². The van der Waals surface area contributed by atoms with Gasteiger partial charge < -0.3 is 34.3 Å². The van der Waals surface area contributed by atoms with Gasteiger partial charge in [0.15, 0.2) is 6.29 Å². The van der Waals surface area contributed by atoms with E-state index in [9.17, 15) is 33.1 Å². The molecule has 0 radical (unpaired) electrons. The van der Waals surface area contributed by atoms with Gasteiger partial charge in [-0.1, -0.05) is 251 Å². The zero-order valence-corrected chi connectivity index (χ0v) is 45.9. The summed E-state index contributed by atoms with van der Waals surface area (Å²) in [4.78, 5) is 13.0. The molecule has 1 aliphatic heterocycles. The predicted octanol–water partition coefficient (Wildman–Crippen LogP) is 14.5. The molecule has 12 nitrogen and oxygen atoms in total. The van der Waals surface area contributed by atoms with Gasteiger partial charge in [0.25, 0.3) is 0 Å². The fraction of sp³-hybridized carbons (Fsp3) is 0.947. The molecule has 0 spiro atoms. The minimum absolute atomic E-state index is 0.0402. The third kappa shape index (κ3) is 41.2. The van der Waals surface area contributed by atoms with Gasteiger partial charge in [-0.25, -0.2) is 4.18 Å². The number of rotatable bonds is 53. The molecule has 0 aromatic rings. The maximum absolute atomic E-state index is 13.0. The largest absolute Gasteiger partial charge is 0.457 e. The van der Waals surface area contributed by atoms with Crippen molar-refractivity contribution in [1.29, 1.82) is 0 Å². The highest BCUT2D eigenvalue weighted by atomic mass is 32.3. The van der Waals surface area contributed by atoms with E-state index in [1.807, 2.05) is 0 Å². The van der Waals surface area contributed by atoms with Crippen LogP contribution in [0.5, 0.6) is 0 Å². The first kappa shape index (κ1) is 66.9. The molecular weight excluding hydrogens is 909 g/mol. The Morgan fingerprint density at radius 2 is 0.900 bits per heavy atom. The number of ether oxygens (including phenoxy) is 4. The topological polar surface area (TPSA) is 178 Å². The van der Waals surface area contributed by atoms with Crippen LogP contribution >= 0.6 is 0 Å². The van der Waals surface area contributed by atoms with Crippen molar-refractivity contribution in [2.45, 2.75) is 320 Å². The van der Waals surface area contributed by atoms with E-state index in [-0.39, 0.29) is 19.6 Å². The normalized spacial score (nSPS) is 19.1. The van der Waals surface area contributed by atoms with Crippen LogP contribution in [0.1, 0.15) is 284 Å². The minimum atomic E-state index is -5.06. The van der Waals surface area contributed by atoms with E-state index >= 15 is 0 Å². The quantitative estimate of drug-likeness (QED) is 0.0196. The Kier molecular flexibility index (Phi) is 46.6. The first-order valence-corrected chi connectivity index (χ1v) is 30.8. The van der Waals surface area contributed by atoms with Crippen molar-refractivity contribution in [1.82, 2.24) is 0 Å². The second kappa shape index (κ2) is 48.8. The average Bonchev–Trinajstić information content (AvgIpc) is 3.34. The number of unbranched alkanes of at least 4 members (excludes halogenated alkanes) is 38. The SMILES string of the molecule is CCCCCCCCC/C=C\CCCCCCCCCCOCC(COC1OC(CO)C(O)C(OS(=O)(=O)O)C1O)OC(=O)CCCCCCCCCCCCCCCCCCCCCCCCCC. The van der Waals surface area contributed by atoms with Crippen LogP contribution in [0.4, 0.5) is 0 Å². The fourth-order valence-corrected chi connectivity index (χ4v) is 9.94. The van der Waals surface area contributed by atoms with Crippen molar-refractivity contribution in [3.05, 3.63) is 12.2 Å². The van der Waals surface area contributed by atoms with Crippen LogP contribution in [0.3, 0.4) is 0 Å². The standard InChI is InChI=1S/C57H110O12S/c1-3-5-7-9-11-13-15-17-19-21-23-24-25-26-27-28-30-32-34-36-38-40-42-44-46-53(59)67-51(50-66-57-55(61)56(69-70(62,63)64)54(60)52(48-58)68-57)49-65-47-45-43-41-39-37-35-33-31-29-22-20-18-16-14-12-10-8-6-4-2/h20,22,51-52,54-58,60-61H,3-19,21,23-50H2,1-2H3,(H,62,63,64)/b22-20-. The van der Waals surface area contributed by atoms with E-state index in [2.05, 4.69) is 30.2 Å². The van der Waals surface area contributed by atoms with Crippen LogP contribution in [0.25, 0.3) is 0 Å². The molecule has 1 saturated heterocycles. The summed E-state index contributed by atoms with van der Waals surface area (Å²) in [5.41, 5.74) is 0. The lowest BCUT2D eigenvalue weighted by Crippen LogP contribution is -2.60. The summed E-state index contributed by atoms with van der Waals surface area (Å²) in [6, 6.07) is 0. The van der Waals surface area contributed by atoms with Gasteiger partial charge in [0.05, 0.1) is 19.8 Å². The van der Waals surface area contributed by atoms with E-state index in [1.54, 1.807) is 0 Å². The number of aliphatic hydroxyl groups excluding tert-OH is 3. The maximum Gasteiger partial charge on any atom is 0.397 e. The molecule has 70 heavy (non-hydrogen) atoms. The van der Waals surface area contributed by atoms with Gasteiger partial charge in [-0.05, 0) is 38.5 Å². The molecule has 0 aromatic heterocycles. The summed E-state index contributed by atoms with van der Waals surface area (Å²) in [6.07, 6.45) is 48.2. The zero-order valence-electron chi connectivity index (χ0n) is 45.1. The Hall–Kier alpha value is -1.16. The van der Waals surface area contributed by atoms with Crippen molar-refractivity contribution < 1.29 is 56.2 Å². The van der Waals surface area contributed by atoms with Crippen LogP contribution in [-0.4, -0.2) is 97.5 Å². The first-order chi connectivity index (χ1) is 34.1. The smallest absolute Gasteiger partial charge is 0.397 e. The Morgan fingerprint density at radius 3 is 1.29 bits per heavy atom. The van der Waals surface area contributed by atoms with Crippen molar-refractivity contribution in [3.8, 4) is 0 Å². The monoisotopic (exact) mass is 1020 g/mol. The molecule has 6 atom stereocenters. The zero-order chi connectivity index (χ0) is 51.0. The van der Waals surface area contributed by atoms with Gasteiger partial charge >= 0.3 is 16.4 Å². The van der Waals surface area contributed by atoms with E-state index in [1.165, 1.54) is 218 Å². The predicted molar refractivity (Wildman–Crippen MR) is 285 cm³/mol. The lowest BCUT2D eigenvalue weighted by Gasteiger charge is -2.41. The number of hydrogen-bond acceptors (Lipinski definition) is 11. The van der Waals surface area contributed by atoms with Crippen LogP contribution in [0, 0.1) is 0 Å². The summed E-state index contributed by atoms with van der Waals surface area (Å²) in [6.45, 7) is 4.05. The van der Waals surface area contributed by atoms with Gasteiger partial charge in [0.2, 0.25) is 0 Å². The maximum atomic E-state index is 13.0. The van der Waals surface area contributed by atoms with Crippen LogP contribution in [0.2, 0.25) is 0 Å². The summed E-state index contributed by atoms with van der Waals surface area (Å²) in [5.74, 6) is -0.392. The molecule has 6 unspecified atom stereocenters. The Bertz CT molecular complexity index is 1270. The number of hydrogen-bond donors (Lipinski definition) is 4. The number of aliphatic hydroxyl groups is 3. The number of allylic oxidation sites excluding steroid dienone is 2. The van der Waals surface area contributed by atoms with E-state index in [4.69, 9.17) is 18.9 Å². The van der Waals surface area contributed by atoms with Gasteiger partial charge in [0.1, 0.15) is 30.5 Å². The highest BCUT2D eigenvalue weighted by molar-refractivity contribution is 7.80. The highest BCUT2D eigenvalue weighted by Crippen LogP contribution is 2.26. The van der Waals surface area contributed by atoms with Gasteiger partial charge in [-0.2, -0.15) is 8.42 Å². The summed E-state index contributed by atoms with van der Waals surface area (Å²) in [7, 11) is -5.06. The van der Waals surface area contributed by atoms with Crippen LogP contribution in [0.15, 0.2) is 12.2 Å². The molecule has 416 valence electrons. The molecule has 1 fully saturated rings. The lowest BCUT2D eigenvalue weighted by molar-refractivity contribution is -0.301. The van der Waals surface area contributed by atoms with E-state index in [0.29, 0.717) is 13.0 Å². The van der Waals surface area contributed by atoms with E-state index in [0.717, 1.165) is 38.5 Å². The molecule has 1 rings (SSSR count). The molecular formula is C57H110O12S. The molecule has 0 aliphatic carbocycles. The summed E-state index contributed by atoms with van der Waals surface area (Å²) < 4.78 is 59.4. The fourth-order valence-electron chi connectivity index (χ4n) is 9.44. The van der Waals surface area contributed by atoms with Crippen molar-refractivity contribution in [2.75, 3.05) is 26.4 Å². The minimum Gasteiger partial charge on any atom is -0.457 e. The number of carbonyl (C=O) groups is 1.